The van der Waals surface area contributed by atoms with Gasteiger partial charge in [-0.05, 0) is 31.4 Å². The molecule has 8 nitrogen and oxygen atoms in total. The van der Waals surface area contributed by atoms with E-state index in [0.717, 1.165) is 12.8 Å². The minimum Gasteiger partial charge on any atom is -0.450 e. The zero-order chi connectivity index (χ0) is 18.2. The second kappa shape index (κ2) is 8.81. The van der Waals surface area contributed by atoms with Crippen molar-refractivity contribution in [1.82, 2.24) is 10.2 Å². The summed E-state index contributed by atoms with van der Waals surface area (Å²) in [5, 5.41) is 13.5. The number of hydrogen-bond donors (Lipinski definition) is 1. The van der Waals surface area contributed by atoms with Gasteiger partial charge in [-0.25, -0.2) is 4.79 Å². The third-order valence-electron chi connectivity index (χ3n) is 3.83. The average molecular weight is 347 g/mol. The second-order valence-corrected chi connectivity index (χ2v) is 5.67. The summed E-state index contributed by atoms with van der Waals surface area (Å²) in [6, 6.07) is 5.93. The SMILES string of the molecule is CCOC(=O)NC1CCCN(C(=O)/C=C/c2cccc([N+](=O)[O-])c2)C1. The third-order valence-corrected chi connectivity index (χ3v) is 3.83. The topological polar surface area (TPSA) is 102 Å². The van der Waals surface area contributed by atoms with Crippen LogP contribution < -0.4 is 5.32 Å². The van der Waals surface area contributed by atoms with Gasteiger partial charge in [0.1, 0.15) is 0 Å². The average Bonchev–Trinajstić information content (AvgIpc) is 2.60. The highest BCUT2D eigenvalue weighted by Gasteiger charge is 2.23. The first-order chi connectivity index (χ1) is 12.0. The maximum absolute atomic E-state index is 12.3. The lowest BCUT2D eigenvalue weighted by Crippen LogP contribution is -2.49. The molecule has 1 aliphatic heterocycles. The summed E-state index contributed by atoms with van der Waals surface area (Å²) in [5.74, 6) is -0.193. The van der Waals surface area contributed by atoms with Gasteiger partial charge in [-0.1, -0.05) is 12.1 Å². The molecule has 2 rings (SSSR count). The Morgan fingerprint density at radius 3 is 3.00 bits per heavy atom. The molecule has 1 heterocycles. The molecule has 0 saturated carbocycles. The normalized spacial score (nSPS) is 17.3. The quantitative estimate of drug-likeness (QED) is 0.500. The number of alkyl carbamates (subject to hydrolysis) is 1. The van der Waals surface area contributed by atoms with Gasteiger partial charge >= 0.3 is 6.09 Å². The Balaban J connectivity index is 1.94. The molecule has 0 aromatic heterocycles. The Kier molecular flexibility index (Phi) is 6.50. The molecule has 134 valence electrons. The number of nitrogens with zero attached hydrogens (tertiary/aromatic N) is 2. The molecule has 1 aliphatic rings. The number of amides is 2. The van der Waals surface area contributed by atoms with Gasteiger partial charge < -0.3 is 15.0 Å². The van der Waals surface area contributed by atoms with Gasteiger partial charge in [-0.15, -0.1) is 0 Å². The van der Waals surface area contributed by atoms with Crippen molar-refractivity contribution in [3.63, 3.8) is 0 Å². The molecule has 25 heavy (non-hydrogen) atoms. The Labute approximate surface area is 145 Å². The molecule has 1 aromatic carbocycles. The molecular weight excluding hydrogens is 326 g/mol. The number of rotatable bonds is 5. The van der Waals surface area contributed by atoms with E-state index in [1.807, 2.05) is 0 Å². The summed E-state index contributed by atoms with van der Waals surface area (Å²) in [4.78, 5) is 35.7. The van der Waals surface area contributed by atoms with Gasteiger partial charge in [0.2, 0.25) is 5.91 Å². The summed E-state index contributed by atoms with van der Waals surface area (Å²) in [6.07, 6.45) is 4.04. The summed E-state index contributed by atoms with van der Waals surface area (Å²) < 4.78 is 4.85. The summed E-state index contributed by atoms with van der Waals surface area (Å²) in [7, 11) is 0. The lowest BCUT2D eigenvalue weighted by molar-refractivity contribution is -0.384. The largest absolute Gasteiger partial charge is 0.450 e. The standard InChI is InChI=1S/C17H21N3O5/c1-2-25-17(22)18-14-6-4-10-19(12-14)16(21)9-8-13-5-3-7-15(11-13)20(23)24/h3,5,7-9,11,14H,2,4,6,10,12H2,1H3,(H,18,22)/b9-8+. The van der Waals surface area contributed by atoms with Gasteiger partial charge in [0.05, 0.1) is 11.5 Å². The highest BCUT2D eigenvalue weighted by atomic mass is 16.6. The van der Waals surface area contributed by atoms with Crippen LogP contribution in [0.2, 0.25) is 0 Å². The summed E-state index contributed by atoms with van der Waals surface area (Å²) in [5.41, 5.74) is 0.562. The number of nitro groups is 1. The van der Waals surface area contributed by atoms with Crippen LogP contribution in [0.15, 0.2) is 30.3 Å². The van der Waals surface area contributed by atoms with E-state index in [4.69, 9.17) is 4.74 Å². The predicted octanol–water partition coefficient (Wildman–Crippen LogP) is 2.35. The maximum Gasteiger partial charge on any atom is 0.407 e. The number of carbonyl (C=O) groups is 2. The number of ether oxygens (including phenoxy) is 1. The van der Waals surface area contributed by atoms with Crippen molar-refractivity contribution in [2.75, 3.05) is 19.7 Å². The van der Waals surface area contributed by atoms with Crippen LogP contribution in [-0.4, -0.2) is 47.6 Å². The molecule has 8 heteroatoms. The van der Waals surface area contributed by atoms with Gasteiger partial charge in [0.15, 0.2) is 0 Å². The van der Waals surface area contributed by atoms with Crippen molar-refractivity contribution < 1.29 is 19.2 Å². The van der Waals surface area contributed by atoms with Crippen LogP contribution in [0.3, 0.4) is 0 Å². The summed E-state index contributed by atoms with van der Waals surface area (Å²) >= 11 is 0. The van der Waals surface area contributed by atoms with E-state index < -0.39 is 11.0 Å². The Morgan fingerprint density at radius 2 is 2.28 bits per heavy atom. The van der Waals surface area contributed by atoms with Crippen molar-refractivity contribution in [2.45, 2.75) is 25.8 Å². The minimum absolute atomic E-state index is 0.0220. The maximum atomic E-state index is 12.3. The molecule has 1 aromatic rings. The molecule has 1 fully saturated rings. The highest BCUT2D eigenvalue weighted by Crippen LogP contribution is 2.15. The first-order valence-electron chi connectivity index (χ1n) is 8.14. The third kappa shape index (κ3) is 5.59. The van der Waals surface area contributed by atoms with E-state index in [2.05, 4.69) is 5.32 Å². The molecule has 0 radical (unpaired) electrons. The number of hydrogen-bond acceptors (Lipinski definition) is 5. The predicted molar refractivity (Wildman–Crippen MR) is 91.9 cm³/mol. The zero-order valence-electron chi connectivity index (χ0n) is 14.0. The number of piperidine rings is 1. The van der Waals surface area contributed by atoms with Gasteiger partial charge in [-0.3, -0.25) is 14.9 Å². The lowest BCUT2D eigenvalue weighted by Gasteiger charge is -2.32. The Hall–Kier alpha value is -2.90. The van der Waals surface area contributed by atoms with Gasteiger partial charge in [-0.2, -0.15) is 0 Å². The van der Waals surface area contributed by atoms with E-state index in [1.54, 1.807) is 30.0 Å². The molecule has 0 bridgehead atoms. The van der Waals surface area contributed by atoms with Crippen LogP contribution in [0.4, 0.5) is 10.5 Å². The molecular formula is C17H21N3O5. The molecule has 1 atom stereocenters. The van der Waals surface area contributed by atoms with Crippen molar-refractivity contribution in [1.29, 1.82) is 0 Å². The monoisotopic (exact) mass is 347 g/mol. The Morgan fingerprint density at radius 1 is 1.48 bits per heavy atom. The highest BCUT2D eigenvalue weighted by molar-refractivity contribution is 5.92. The van der Waals surface area contributed by atoms with Crippen molar-refractivity contribution >= 4 is 23.8 Å². The molecule has 1 saturated heterocycles. The van der Waals surface area contributed by atoms with Crippen LogP contribution in [0.1, 0.15) is 25.3 Å². The Bertz CT molecular complexity index is 674. The van der Waals surface area contributed by atoms with Crippen LogP contribution in [0.25, 0.3) is 6.08 Å². The fourth-order valence-electron chi connectivity index (χ4n) is 2.65. The van der Waals surface area contributed by atoms with Crippen LogP contribution in [0, 0.1) is 10.1 Å². The van der Waals surface area contributed by atoms with Crippen molar-refractivity contribution in [2.24, 2.45) is 0 Å². The fourth-order valence-corrected chi connectivity index (χ4v) is 2.65. The van der Waals surface area contributed by atoms with E-state index in [1.165, 1.54) is 18.2 Å². The lowest BCUT2D eigenvalue weighted by atomic mass is 10.1. The van der Waals surface area contributed by atoms with Crippen LogP contribution in [-0.2, 0) is 9.53 Å². The zero-order valence-corrected chi connectivity index (χ0v) is 14.0. The van der Waals surface area contributed by atoms with E-state index in [-0.39, 0.29) is 17.6 Å². The first-order valence-corrected chi connectivity index (χ1v) is 8.14. The summed E-state index contributed by atoms with van der Waals surface area (Å²) in [6.45, 7) is 3.05. The number of benzene rings is 1. The fraction of sp³-hybridized carbons (Fsp3) is 0.412. The van der Waals surface area contributed by atoms with Crippen LogP contribution >= 0.6 is 0 Å². The molecule has 0 spiro atoms. The molecule has 2 amide bonds. The smallest absolute Gasteiger partial charge is 0.407 e. The van der Waals surface area contributed by atoms with E-state index >= 15 is 0 Å². The van der Waals surface area contributed by atoms with Crippen LogP contribution in [0.5, 0.6) is 0 Å². The number of non-ortho nitro benzene ring substituents is 1. The van der Waals surface area contributed by atoms with E-state index in [0.29, 0.717) is 25.3 Å². The second-order valence-electron chi connectivity index (χ2n) is 5.67. The van der Waals surface area contributed by atoms with Gasteiger partial charge in [0.25, 0.3) is 5.69 Å². The number of nitrogens with one attached hydrogen (secondary N) is 1. The molecule has 1 N–H and O–H groups in total. The molecule has 0 aliphatic carbocycles. The van der Waals surface area contributed by atoms with Gasteiger partial charge in [0, 0.05) is 37.3 Å². The van der Waals surface area contributed by atoms with Crippen molar-refractivity contribution in [3.8, 4) is 0 Å². The minimum atomic E-state index is -0.478. The molecule has 1 unspecified atom stereocenters. The van der Waals surface area contributed by atoms with E-state index in [9.17, 15) is 19.7 Å². The van der Waals surface area contributed by atoms with Crippen molar-refractivity contribution in [3.05, 3.63) is 46.0 Å². The number of likely N-dealkylation sites (tertiary alicyclic amines) is 1. The number of carbonyl (C=O) groups excluding carboxylic acids is 2. The first kappa shape index (κ1) is 18.4. The number of nitro benzene ring substituents is 1.